The lowest BCUT2D eigenvalue weighted by atomic mass is 9.96. The lowest BCUT2D eigenvalue weighted by Crippen LogP contribution is -2.50. The van der Waals surface area contributed by atoms with Crippen LogP contribution in [0.1, 0.15) is 44.2 Å². The number of urea groups is 1. The first-order valence-electron chi connectivity index (χ1n) is 13.5. The van der Waals surface area contributed by atoms with Gasteiger partial charge in [-0.3, -0.25) is 9.78 Å². The smallest absolute Gasteiger partial charge is 0.353 e. The monoisotopic (exact) mass is 549 g/mol. The van der Waals surface area contributed by atoms with Crippen molar-refractivity contribution in [3.05, 3.63) is 30.1 Å². The van der Waals surface area contributed by atoms with E-state index in [9.17, 15) is 29.4 Å². The number of hydroxylamine groups is 2. The van der Waals surface area contributed by atoms with Gasteiger partial charge in [-0.2, -0.15) is 5.06 Å². The minimum atomic E-state index is -2.87. The molecular formula is C26H39N5O8. The summed E-state index contributed by atoms with van der Waals surface area (Å²) in [7, 11) is 0. The van der Waals surface area contributed by atoms with Crippen molar-refractivity contribution in [2.75, 3.05) is 58.9 Å². The van der Waals surface area contributed by atoms with Crippen molar-refractivity contribution in [3.63, 3.8) is 0 Å². The molecular weight excluding hydrogens is 510 g/mol. The molecule has 0 spiro atoms. The molecule has 3 heterocycles. The zero-order valence-corrected chi connectivity index (χ0v) is 22.2. The molecule has 3 N–H and O–H groups in total. The van der Waals surface area contributed by atoms with Crippen LogP contribution in [0.25, 0.3) is 0 Å². The maximum atomic E-state index is 13.7. The van der Waals surface area contributed by atoms with E-state index in [0.29, 0.717) is 31.9 Å². The van der Waals surface area contributed by atoms with Crippen molar-refractivity contribution in [2.45, 2.75) is 50.5 Å². The molecule has 0 aliphatic carbocycles. The molecule has 0 aromatic carbocycles. The highest BCUT2D eigenvalue weighted by atomic mass is 16.7. The van der Waals surface area contributed by atoms with Crippen LogP contribution in [-0.4, -0.2) is 129 Å². The highest BCUT2D eigenvalue weighted by molar-refractivity contribution is 5.88. The van der Waals surface area contributed by atoms with E-state index in [-0.39, 0.29) is 13.0 Å². The molecule has 2 amide bonds. The number of hydrogen-bond acceptors (Lipinski definition) is 9. The molecule has 3 rings (SSSR count). The Labute approximate surface area is 227 Å². The third-order valence-electron chi connectivity index (χ3n) is 7.04. The summed E-state index contributed by atoms with van der Waals surface area (Å²) < 4.78 is 0. The molecule has 13 nitrogen and oxygen atoms in total. The molecule has 1 atom stereocenters. The van der Waals surface area contributed by atoms with Gasteiger partial charge in [0.2, 0.25) is 0 Å². The number of aliphatic hydroxyl groups is 1. The van der Waals surface area contributed by atoms with E-state index in [1.807, 2.05) is 0 Å². The summed E-state index contributed by atoms with van der Waals surface area (Å²) in [6.45, 7) is 5.97. The fraction of sp³-hybridized carbons (Fsp3) is 0.654. The van der Waals surface area contributed by atoms with Crippen LogP contribution in [-0.2, 0) is 25.6 Å². The van der Waals surface area contributed by atoms with E-state index in [1.165, 1.54) is 0 Å². The summed E-state index contributed by atoms with van der Waals surface area (Å²) in [4.78, 5) is 64.8. The van der Waals surface area contributed by atoms with Crippen molar-refractivity contribution in [1.82, 2.24) is 24.7 Å². The standard InChI is InChI=1S/C26H39N5O8/c32-22(33)19-26(38,24(35)36)20-23(34)39-31(14-8-21-7-1-2-9-27-21)25(37)30(17-15-28-10-3-4-11-28)18-16-29-12-5-6-13-29/h1-2,7,9,38H,3-6,8,10-20H2,(H,32,33)(H,35,36). The quantitative estimate of drug-likeness (QED) is 0.280. The highest BCUT2D eigenvalue weighted by Gasteiger charge is 2.42. The Morgan fingerprint density at radius 3 is 1.97 bits per heavy atom. The maximum absolute atomic E-state index is 13.7. The predicted molar refractivity (Wildman–Crippen MR) is 139 cm³/mol. The lowest BCUT2D eigenvalue weighted by Gasteiger charge is -2.32. The van der Waals surface area contributed by atoms with Gasteiger partial charge in [0.1, 0.15) is 0 Å². The molecule has 2 aliphatic rings. The maximum Gasteiger partial charge on any atom is 0.353 e. The van der Waals surface area contributed by atoms with E-state index in [2.05, 4.69) is 14.8 Å². The van der Waals surface area contributed by atoms with E-state index >= 15 is 0 Å². The second-order valence-electron chi connectivity index (χ2n) is 10.1. The van der Waals surface area contributed by atoms with Crippen LogP contribution in [0.2, 0.25) is 0 Å². The van der Waals surface area contributed by atoms with Crippen LogP contribution in [0, 0.1) is 0 Å². The Balaban J connectivity index is 1.74. The zero-order chi connectivity index (χ0) is 28.3. The first-order valence-corrected chi connectivity index (χ1v) is 13.5. The number of carboxylic acid groups (broad SMARTS) is 2. The van der Waals surface area contributed by atoms with Crippen LogP contribution in [0.3, 0.4) is 0 Å². The number of amides is 2. The number of rotatable bonds is 14. The van der Waals surface area contributed by atoms with Crippen LogP contribution in [0.5, 0.6) is 0 Å². The molecule has 1 unspecified atom stereocenters. The van der Waals surface area contributed by atoms with E-state index < -0.39 is 42.4 Å². The fourth-order valence-corrected chi connectivity index (χ4v) is 4.80. The molecule has 0 saturated carbocycles. The van der Waals surface area contributed by atoms with Gasteiger partial charge in [0, 0.05) is 44.5 Å². The van der Waals surface area contributed by atoms with Gasteiger partial charge in [-0.05, 0) is 64.0 Å². The third kappa shape index (κ3) is 9.75. The number of nitrogens with zero attached hydrogens (tertiary/aromatic N) is 5. The summed E-state index contributed by atoms with van der Waals surface area (Å²) in [6.07, 6.45) is 3.96. The number of carbonyl (C=O) groups excluding carboxylic acids is 2. The number of hydrogen-bond donors (Lipinski definition) is 3. The van der Waals surface area contributed by atoms with Gasteiger partial charge in [0.25, 0.3) is 0 Å². The SMILES string of the molecule is O=C(O)CC(O)(CC(=O)ON(CCc1ccccn1)C(=O)N(CCN1CCCC1)CCN1CCCC1)C(=O)O. The van der Waals surface area contributed by atoms with Gasteiger partial charge < -0.3 is 34.9 Å². The first kappa shape index (κ1) is 30.3. The molecule has 13 heteroatoms. The van der Waals surface area contributed by atoms with E-state index in [4.69, 9.17) is 9.94 Å². The van der Waals surface area contributed by atoms with Gasteiger partial charge in [0.05, 0.1) is 19.4 Å². The van der Waals surface area contributed by atoms with Crippen LogP contribution < -0.4 is 0 Å². The highest BCUT2D eigenvalue weighted by Crippen LogP contribution is 2.18. The Bertz CT molecular complexity index is 948. The van der Waals surface area contributed by atoms with Crippen LogP contribution in [0.15, 0.2) is 24.4 Å². The summed E-state index contributed by atoms with van der Waals surface area (Å²) >= 11 is 0. The van der Waals surface area contributed by atoms with Crippen molar-refractivity contribution in [3.8, 4) is 0 Å². The normalized spacial score (nSPS) is 17.5. The number of aliphatic carboxylic acids is 2. The number of carbonyl (C=O) groups is 4. The van der Waals surface area contributed by atoms with Crippen molar-refractivity contribution in [2.24, 2.45) is 0 Å². The van der Waals surface area contributed by atoms with Gasteiger partial charge in [-0.1, -0.05) is 6.07 Å². The van der Waals surface area contributed by atoms with Gasteiger partial charge in [0.15, 0.2) is 5.60 Å². The number of pyridine rings is 1. The molecule has 0 bridgehead atoms. The lowest BCUT2D eigenvalue weighted by molar-refractivity contribution is -0.189. The number of carboxylic acids is 2. The minimum absolute atomic E-state index is 0.0596. The molecule has 2 fully saturated rings. The number of likely N-dealkylation sites (tertiary alicyclic amines) is 2. The van der Waals surface area contributed by atoms with E-state index in [0.717, 1.165) is 56.9 Å². The molecule has 1 aromatic heterocycles. The van der Waals surface area contributed by atoms with Gasteiger partial charge in [-0.15, -0.1) is 0 Å². The summed E-state index contributed by atoms with van der Waals surface area (Å²) in [5.74, 6) is -4.69. The van der Waals surface area contributed by atoms with E-state index in [1.54, 1.807) is 29.3 Å². The average molecular weight is 550 g/mol. The predicted octanol–water partition coefficient (Wildman–Crippen LogP) is 0.678. The zero-order valence-electron chi connectivity index (χ0n) is 22.2. The average Bonchev–Trinajstić information content (AvgIpc) is 3.61. The summed E-state index contributed by atoms with van der Waals surface area (Å²) in [6, 6.07) is 4.74. The Hall–Kier alpha value is -3.29. The van der Waals surface area contributed by atoms with Crippen molar-refractivity contribution in [1.29, 1.82) is 0 Å². The molecule has 0 radical (unpaired) electrons. The van der Waals surface area contributed by atoms with Crippen molar-refractivity contribution < 1.29 is 39.3 Å². The summed E-state index contributed by atoms with van der Waals surface area (Å²) in [5, 5.41) is 29.5. The molecule has 2 saturated heterocycles. The first-order chi connectivity index (χ1) is 18.7. The largest absolute Gasteiger partial charge is 0.481 e. The van der Waals surface area contributed by atoms with Gasteiger partial charge >= 0.3 is 23.9 Å². The Morgan fingerprint density at radius 2 is 1.49 bits per heavy atom. The molecule has 216 valence electrons. The van der Waals surface area contributed by atoms with Crippen molar-refractivity contribution >= 4 is 23.9 Å². The minimum Gasteiger partial charge on any atom is -0.481 e. The second kappa shape index (κ2) is 14.8. The van der Waals surface area contributed by atoms with Crippen LogP contribution >= 0.6 is 0 Å². The summed E-state index contributed by atoms with van der Waals surface area (Å²) in [5.41, 5.74) is -2.22. The Morgan fingerprint density at radius 1 is 0.897 bits per heavy atom. The topological polar surface area (TPSA) is 164 Å². The molecule has 1 aromatic rings. The molecule has 2 aliphatic heterocycles. The van der Waals surface area contributed by atoms with Gasteiger partial charge in [-0.25, -0.2) is 14.4 Å². The Kier molecular flexibility index (Phi) is 11.4. The fourth-order valence-electron chi connectivity index (χ4n) is 4.80. The number of aromatic nitrogens is 1. The second-order valence-corrected chi connectivity index (χ2v) is 10.1. The molecule has 39 heavy (non-hydrogen) atoms. The third-order valence-corrected chi connectivity index (χ3v) is 7.04. The van der Waals surface area contributed by atoms with Crippen LogP contribution in [0.4, 0.5) is 4.79 Å².